The van der Waals surface area contributed by atoms with Crippen molar-refractivity contribution < 1.29 is 4.79 Å². The number of carbonyl (C=O) groups excluding carboxylic acids is 1. The minimum absolute atomic E-state index is 0.127. The third-order valence-corrected chi connectivity index (χ3v) is 4.54. The fraction of sp³-hybridized carbons (Fsp3) is 0.250. The molecule has 4 nitrogen and oxygen atoms in total. The van der Waals surface area contributed by atoms with Gasteiger partial charge in [0.05, 0.1) is 17.8 Å². The zero-order valence-electron chi connectivity index (χ0n) is 14.1. The molecule has 0 radical (unpaired) electrons. The van der Waals surface area contributed by atoms with Gasteiger partial charge in [0.1, 0.15) is 0 Å². The van der Waals surface area contributed by atoms with E-state index in [1.54, 1.807) is 0 Å². The van der Waals surface area contributed by atoms with E-state index in [2.05, 4.69) is 23.9 Å². The Morgan fingerprint density at radius 2 is 1.92 bits per heavy atom. The zero-order valence-corrected chi connectivity index (χ0v) is 14.1. The zero-order chi connectivity index (χ0) is 16.8. The molecule has 0 unspecified atom stereocenters. The Balaban J connectivity index is 1.95. The highest BCUT2D eigenvalue weighted by molar-refractivity contribution is 6.27. The van der Waals surface area contributed by atoms with Crippen LogP contribution in [0.4, 0.5) is 0 Å². The summed E-state index contributed by atoms with van der Waals surface area (Å²) in [5.41, 5.74) is 6.42. The van der Waals surface area contributed by atoms with E-state index in [1.807, 2.05) is 53.9 Å². The molecule has 0 spiro atoms. The van der Waals surface area contributed by atoms with Gasteiger partial charge >= 0.3 is 0 Å². The molecule has 0 fully saturated rings. The number of aromatic nitrogens is 3. The van der Waals surface area contributed by atoms with Gasteiger partial charge in [0.15, 0.2) is 11.4 Å². The first-order valence-corrected chi connectivity index (χ1v) is 8.24. The van der Waals surface area contributed by atoms with Gasteiger partial charge in [0.2, 0.25) is 0 Å². The quantitative estimate of drug-likeness (QED) is 0.722. The van der Waals surface area contributed by atoms with Gasteiger partial charge in [-0.25, -0.2) is 9.50 Å². The summed E-state index contributed by atoms with van der Waals surface area (Å²) in [4.78, 5) is 17.4. The molecule has 0 saturated heterocycles. The number of benzene rings is 1. The van der Waals surface area contributed by atoms with Crippen molar-refractivity contribution in [2.24, 2.45) is 0 Å². The molecular weight excluding hydrogens is 298 g/mol. The smallest absolute Gasteiger partial charge is 0.169 e. The lowest BCUT2D eigenvalue weighted by molar-refractivity contribution is -0.113. The van der Waals surface area contributed by atoms with E-state index in [4.69, 9.17) is 0 Å². The molecule has 1 aliphatic rings. The Bertz CT molecular complexity index is 981. The molecule has 3 aromatic rings. The molecule has 0 N–H and O–H groups in total. The van der Waals surface area contributed by atoms with E-state index in [-0.39, 0.29) is 5.78 Å². The van der Waals surface area contributed by atoms with Gasteiger partial charge in [-0.05, 0) is 24.5 Å². The van der Waals surface area contributed by atoms with Gasteiger partial charge in [-0.15, -0.1) is 0 Å². The number of fused-ring (bicyclic) bond motifs is 3. The van der Waals surface area contributed by atoms with Crippen molar-refractivity contribution in [3.8, 4) is 0 Å². The predicted octanol–water partition coefficient (Wildman–Crippen LogP) is 3.83. The van der Waals surface area contributed by atoms with Crippen LogP contribution in [-0.2, 0) is 11.2 Å². The van der Waals surface area contributed by atoms with Crippen LogP contribution < -0.4 is 0 Å². The van der Waals surface area contributed by atoms with Crippen LogP contribution in [0.15, 0.2) is 36.4 Å². The molecule has 0 aliphatic heterocycles. The van der Waals surface area contributed by atoms with E-state index in [0.717, 1.165) is 39.4 Å². The molecule has 4 heteroatoms. The molecule has 1 aromatic carbocycles. The molecular formula is C20H19N3O. The molecule has 1 aliphatic carbocycles. The van der Waals surface area contributed by atoms with Crippen LogP contribution in [0.2, 0.25) is 0 Å². The van der Waals surface area contributed by atoms with Crippen molar-refractivity contribution in [1.82, 2.24) is 14.6 Å². The molecule has 0 saturated carbocycles. The topological polar surface area (TPSA) is 47.3 Å². The molecule has 4 rings (SSSR count). The normalized spacial score (nSPS) is 14.2. The maximum atomic E-state index is 12.7. The molecule has 24 heavy (non-hydrogen) atoms. The second-order valence-corrected chi connectivity index (χ2v) is 6.58. The van der Waals surface area contributed by atoms with E-state index < -0.39 is 0 Å². The lowest BCUT2D eigenvalue weighted by Crippen LogP contribution is -2.17. The summed E-state index contributed by atoms with van der Waals surface area (Å²) in [6, 6.07) is 11.8. The van der Waals surface area contributed by atoms with Crippen molar-refractivity contribution in [3.63, 3.8) is 0 Å². The number of nitrogens with zero attached hydrogens (tertiary/aromatic N) is 3. The molecule has 2 aromatic heterocycles. The monoisotopic (exact) mass is 317 g/mol. The maximum Gasteiger partial charge on any atom is 0.169 e. The van der Waals surface area contributed by atoms with Gasteiger partial charge in [0, 0.05) is 22.9 Å². The van der Waals surface area contributed by atoms with Crippen LogP contribution in [0.25, 0.3) is 17.3 Å². The van der Waals surface area contributed by atoms with Crippen LogP contribution >= 0.6 is 0 Å². The van der Waals surface area contributed by atoms with Gasteiger partial charge in [-0.1, -0.05) is 44.2 Å². The summed E-state index contributed by atoms with van der Waals surface area (Å²) >= 11 is 0. The van der Waals surface area contributed by atoms with Crippen LogP contribution in [0.5, 0.6) is 0 Å². The highest BCUT2D eigenvalue weighted by Crippen LogP contribution is 2.30. The van der Waals surface area contributed by atoms with Crippen molar-refractivity contribution in [1.29, 1.82) is 0 Å². The van der Waals surface area contributed by atoms with E-state index in [1.165, 1.54) is 0 Å². The molecule has 0 atom stereocenters. The number of carbonyl (C=O) groups is 1. The van der Waals surface area contributed by atoms with Gasteiger partial charge in [0.25, 0.3) is 0 Å². The third kappa shape index (κ3) is 2.26. The largest absolute Gasteiger partial charge is 0.294 e. The second-order valence-electron chi connectivity index (χ2n) is 6.58. The van der Waals surface area contributed by atoms with E-state index >= 15 is 0 Å². The SMILES string of the molecule is Cc1nc2cc(C(C)C)nn2c2c1C=C(c1ccccc1)C(=O)C2. The fourth-order valence-corrected chi connectivity index (χ4v) is 3.20. The Hall–Kier alpha value is -2.75. The van der Waals surface area contributed by atoms with Gasteiger partial charge in [-0.2, -0.15) is 5.10 Å². The lowest BCUT2D eigenvalue weighted by atomic mass is 9.90. The van der Waals surface area contributed by atoms with Gasteiger partial charge < -0.3 is 0 Å². The Kier molecular flexibility index (Phi) is 3.34. The molecule has 0 bridgehead atoms. The van der Waals surface area contributed by atoms with Crippen molar-refractivity contribution in [3.05, 3.63) is 64.6 Å². The first-order chi connectivity index (χ1) is 11.5. The van der Waals surface area contributed by atoms with Crippen LogP contribution in [0.3, 0.4) is 0 Å². The summed E-state index contributed by atoms with van der Waals surface area (Å²) in [7, 11) is 0. The van der Waals surface area contributed by atoms with Crippen LogP contribution in [0.1, 0.15) is 48.0 Å². The number of aryl methyl sites for hydroxylation is 1. The summed E-state index contributed by atoms with van der Waals surface area (Å²) < 4.78 is 1.84. The molecule has 120 valence electrons. The average Bonchev–Trinajstić information content (AvgIpc) is 3.00. The Labute approximate surface area is 140 Å². The van der Waals surface area contributed by atoms with Crippen LogP contribution in [0, 0.1) is 6.92 Å². The lowest BCUT2D eigenvalue weighted by Gasteiger charge is -2.18. The number of ketones is 1. The first kappa shape index (κ1) is 14.8. The fourth-order valence-electron chi connectivity index (χ4n) is 3.20. The maximum absolute atomic E-state index is 12.7. The summed E-state index contributed by atoms with van der Waals surface area (Å²) in [6.07, 6.45) is 2.32. The summed E-state index contributed by atoms with van der Waals surface area (Å²) in [6.45, 7) is 6.22. The summed E-state index contributed by atoms with van der Waals surface area (Å²) in [5.74, 6) is 0.458. The van der Waals surface area contributed by atoms with Crippen molar-refractivity contribution in [2.45, 2.75) is 33.1 Å². The highest BCUT2D eigenvalue weighted by atomic mass is 16.1. The van der Waals surface area contributed by atoms with E-state index in [9.17, 15) is 4.79 Å². The third-order valence-electron chi connectivity index (χ3n) is 4.54. The number of allylic oxidation sites excluding steroid dienone is 1. The number of hydrogen-bond acceptors (Lipinski definition) is 3. The minimum atomic E-state index is 0.127. The Morgan fingerprint density at radius 3 is 2.62 bits per heavy atom. The first-order valence-electron chi connectivity index (χ1n) is 8.24. The average molecular weight is 317 g/mol. The standard InChI is InChI=1S/C20H19N3O/c1-12(2)17-10-20-21-13(3)15-9-16(14-7-5-4-6-8-14)19(24)11-18(15)23(20)22-17/h4-10,12H,11H2,1-3H3. The number of Topliss-reactive ketones (excluding diaryl/α,β-unsaturated/α-hetero) is 1. The molecule has 2 heterocycles. The van der Waals surface area contributed by atoms with Gasteiger partial charge in [-0.3, -0.25) is 4.79 Å². The van der Waals surface area contributed by atoms with Crippen LogP contribution in [-0.4, -0.2) is 20.4 Å². The minimum Gasteiger partial charge on any atom is -0.294 e. The number of hydrogen-bond donors (Lipinski definition) is 0. The van der Waals surface area contributed by atoms with Crippen molar-refractivity contribution in [2.75, 3.05) is 0 Å². The van der Waals surface area contributed by atoms with Crippen molar-refractivity contribution >= 4 is 23.1 Å². The van der Waals surface area contributed by atoms with E-state index in [0.29, 0.717) is 12.3 Å². The number of rotatable bonds is 2. The predicted molar refractivity (Wildman–Crippen MR) is 94.8 cm³/mol. The molecule has 0 amide bonds. The Morgan fingerprint density at radius 1 is 1.17 bits per heavy atom. The summed E-state index contributed by atoms with van der Waals surface area (Å²) in [5, 5.41) is 4.67. The highest BCUT2D eigenvalue weighted by Gasteiger charge is 2.25. The second kappa shape index (κ2) is 5.41.